The van der Waals surface area contributed by atoms with Gasteiger partial charge in [0, 0.05) is 25.2 Å². The summed E-state index contributed by atoms with van der Waals surface area (Å²) < 4.78 is 1.88. The summed E-state index contributed by atoms with van der Waals surface area (Å²) in [5.41, 5.74) is 2.11. The van der Waals surface area contributed by atoms with E-state index in [2.05, 4.69) is 17.3 Å². The van der Waals surface area contributed by atoms with Crippen LogP contribution < -0.4 is 5.32 Å². The molecule has 0 aliphatic heterocycles. The molecule has 0 atom stereocenters. The Morgan fingerprint density at radius 1 is 1.50 bits per heavy atom. The number of nitrogens with zero attached hydrogens (tertiary/aromatic N) is 2. The molecule has 0 aliphatic rings. The van der Waals surface area contributed by atoms with E-state index >= 15 is 0 Å². The average Bonchev–Trinajstić information content (AvgIpc) is 2.55. The monoisotopic (exact) mass is 223 g/mol. The van der Waals surface area contributed by atoms with Crippen molar-refractivity contribution in [1.82, 2.24) is 15.1 Å². The van der Waals surface area contributed by atoms with Gasteiger partial charge in [-0.15, -0.1) is 0 Å². The Labute approximate surface area is 97.0 Å². The van der Waals surface area contributed by atoms with Gasteiger partial charge in [0.05, 0.1) is 5.69 Å². The van der Waals surface area contributed by atoms with Crippen molar-refractivity contribution >= 4 is 5.91 Å². The second-order valence-corrected chi connectivity index (χ2v) is 4.10. The first kappa shape index (κ1) is 12.7. The van der Waals surface area contributed by atoms with E-state index in [9.17, 15) is 4.79 Å². The van der Waals surface area contributed by atoms with E-state index < -0.39 is 0 Å². The molecule has 0 bridgehead atoms. The minimum Gasteiger partial charge on any atom is -0.356 e. The molecule has 1 N–H and O–H groups in total. The van der Waals surface area contributed by atoms with Crippen molar-refractivity contribution in [3.05, 3.63) is 17.5 Å². The number of hydrogen-bond donors (Lipinski definition) is 1. The number of amides is 1. The summed E-state index contributed by atoms with van der Waals surface area (Å²) >= 11 is 0. The Bertz CT molecular complexity index is 344. The van der Waals surface area contributed by atoms with Gasteiger partial charge in [-0.2, -0.15) is 5.10 Å². The average molecular weight is 223 g/mol. The van der Waals surface area contributed by atoms with Crippen LogP contribution in [-0.2, 0) is 11.3 Å². The third-order valence-electron chi connectivity index (χ3n) is 2.51. The fraction of sp³-hybridized carbons (Fsp3) is 0.667. The molecule has 90 valence electrons. The minimum atomic E-state index is 0.112. The van der Waals surface area contributed by atoms with Crippen LogP contribution in [0.1, 0.15) is 37.6 Å². The van der Waals surface area contributed by atoms with Crippen LogP contribution in [0.25, 0.3) is 0 Å². The molecule has 0 radical (unpaired) electrons. The van der Waals surface area contributed by atoms with Gasteiger partial charge < -0.3 is 5.32 Å². The first-order chi connectivity index (χ1) is 7.63. The van der Waals surface area contributed by atoms with Gasteiger partial charge >= 0.3 is 0 Å². The van der Waals surface area contributed by atoms with Gasteiger partial charge in [0.2, 0.25) is 5.91 Å². The van der Waals surface area contributed by atoms with E-state index in [0.29, 0.717) is 13.0 Å². The van der Waals surface area contributed by atoms with E-state index in [-0.39, 0.29) is 5.91 Å². The molecule has 0 spiro atoms. The number of carbonyl (C=O) groups excluding carboxylic acids is 1. The molecule has 16 heavy (non-hydrogen) atoms. The van der Waals surface area contributed by atoms with E-state index in [4.69, 9.17) is 0 Å². The standard InChI is InChI=1S/C12H21N3O/c1-4-5-7-13-12(16)6-8-15-11(3)9-10(2)14-15/h9H,4-8H2,1-3H3,(H,13,16). The summed E-state index contributed by atoms with van der Waals surface area (Å²) in [6, 6.07) is 2.02. The molecule has 1 rings (SSSR count). The maximum atomic E-state index is 11.5. The molecule has 4 heteroatoms. The van der Waals surface area contributed by atoms with Gasteiger partial charge in [-0.1, -0.05) is 13.3 Å². The minimum absolute atomic E-state index is 0.112. The smallest absolute Gasteiger partial charge is 0.221 e. The molecule has 0 unspecified atom stereocenters. The van der Waals surface area contributed by atoms with E-state index in [1.807, 2.05) is 24.6 Å². The predicted molar refractivity (Wildman–Crippen MR) is 64.2 cm³/mol. The summed E-state index contributed by atoms with van der Waals surface area (Å²) in [6.45, 7) is 7.53. The van der Waals surface area contributed by atoms with Gasteiger partial charge in [0.15, 0.2) is 0 Å². The highest BCUT2D eigenvalue weighted by atomic mass is 16.1. The highest BCUT2D eigenvalue weighted by molar-refractivity contribution is 5.75. The van der Waals surface area contributed by atoms with E-state index in [1.54, 1.807) is 0 Å². The van der Waals surface area contributed by atoms with Crippen molar-refractivity contribution in [2.45, 2.75) is 46.6 Å². The fourth-order valence-corrected chi connectivity index (χ4v) is 1.60. The number of aromatic nitrogens is 2. The Balaban J connectivity index is 2.29. The van der Waals surface area contributed by atoms with Crippen molar-refractivity contribution in [2.75, 3.05) is 6.54 Å². The molecular weight excluding hydrogens is 202 g/mol. The first-order valence-corrected chi connectivity index (χ1v) is 5.91. The lowest BCUT2D eigenvalue weighted by Crippen LogP contribution is -2.25. The third kappa shape index (κ3) is 4.04. The Morgan fingerprint density at radius 2 is 2.25 bits per heavy atom. The lowest BCUT2D eigenvalue weighted by molar-refractivity contribution is -0.121. The van der Waals surface area contributed by atoms with E-state index in [0.717, 1.165) is 30.8 Å². The van der Waals surface area contributed by atoms with Gasteiger partial charge in [-0.25, -0.2) is 0 Å². The van der Waals surface area contributed by atoms with E-state index in [1.165, 1.54) is 0 Å². The van der Waals surface area contributed by atoms with Crippen molar-refractivity contribution in [1.29, 1.82) is 0 Å². The van der Waals surface area contributed by atoms with Crippen LogP contribution >= 0.6 is 0 Å². The lowest BCUT2D eigenvalue weighted by Gasteiger charge is -2.05. The molecule has 0 aliphatic carbocycles. The Kier molecular flexibility index (Phi) is 5.02. The normalized spacial score (nSPS) is 10.4. The number of aryl methyl sites for hydroxylation is 3. The third-order valence-corrected chi connectivity index (χ3v) is 2.51. The van der Waals surface area contributed by atoms with Crippen molar-refractivity contribution in [2.24, 2.45) is 0 Å². The number of hydrogen-bond acceptors (Lipinski definition) is 2. The molecule has 1 amide bonds. The van der Waals surface area contributed by atoms with Crippen molar-refractivity contribution in [3.63, 3.8) is 0 Å². The van der Waals surface area contributed by atoms with Gasteiger partial charge in [0.25, 0.3) is 0 Å². The first-order valence-electron chi connectivity index (χ1n) is 5.91. The highest BCUT2D eigenvalue weighted by Gasteiger charge is 2.04. The number of rotatable bonds is 6. The van der Waals surface area contributed by atoms with Crippen LogP contribution in [0.4, 0.5) is 0 Å². The summed E-state index contributed by atoms with van der Waals surface area (Å²) in [5.74, 6) is 0.112. The van der Waals surface area contributed by atoms with Crippen LogP contribution in [0.5, 0.6) is 0 Å². The van der Waals surface area contributed by atoms with Crippen LogP contribution in [0.15, 0.2) is 6.07 Å². The van der Waals surface area contributed by atoms with Crippen molar-refractivity contribution in [3.8, 4) is 0 Å². The zero-order valence-electron chi connectivity index (χ0n) is 10.4. The maximum absolute atomic E-state index is 11.5. The van der Waals surface area contributed by atoms with Crippen LogP contribution in [-0.4, -0.2) is 22.2 Å². The maximum Gasteiger partial charge on any atom is 0.221 e. The molecule has 0 saturated carbocycles. The largest absolute Gasteiger partial charge is 0.356 e. The zero-order chi connectivity index (χ0) is 12.0. The fourth-order valence-electron chi connectivity index (χ4n) is 1.60. The van der Waals surface area contributed by atoms with Gasteiger partial charge in [-0.3, -0.25) is 9.48 Å². The highest BCUT2D eigenvalue weighted by Crippen LogP contribution is 2.02. The second kappa shape index (κ2) is 6.30. The summed E-state index contributed by atoms with van der Waals surface area (Å²) in [5, 5.41) is 7.22. The quantitative estimate of drug-likeness (QED) is 0.748. The van der Waals surface area contributed by atoms with Gasteiger partial charge in [-0.05, 0) is 26.3 Å². The molecule has 1 aromatic rings. The number of carbonyl (C=O) groups is 1. The predicted octanol–water partition coefficient (Wildman–Crippen LogP) is 1.81. The molecule has 0 saturated heterocycles. The molecule has 4 nitrogen and oxygen atoms in total. The Morgan fingerprint density at radius 3 is 2.81 bits per heavy atom. The second-order valence-electron chi connectivity index (χ2n) is 4.10. The molecule has 1 heterocycles. The van der Waals surface area contributed by atoms with Crippen molar-refractivity contribution < 1.29 is 4.79 Å². The number of unbranched alkanes of at least 4 members (excludes halogenated alkanes) is 1. The van der Waals surface area contributed by atoms with Crippen LogP contribution in [0, 0.1) is 13.8 Å². The molecule has 1 aromatic heterocycles. The molecular formula is C12H21N3O. The Hall–Kier alpha value is -1.32. The summed E-state index contributed by atoms with van der Waals surface area (Å²) in [7, 11) is 0. The molecule has 0 fully saturated rings. The van der Waals surface area contributed by atoms with Gasteiger partial charge in [0.1, 0.15) is 0 Å². The SMILES string of the molecule is CCCCNC(=O)CCn1nc(C)cc1C. The lowest BCUT2D eigenvalue weighted by atomic mass is 10.3. The zero-order valence-corrected chi connectivity index (χ0v) is 10.4. The summed E-state index contributed by atoms with van der Waals surface area (Å²) in [4.78, 5) is 11.5. The summed E-state index contributed by atoms with van der Waals surface area (Å²) in [6.07, 6.45) is 2.66. The van der Waals surface area contributed by atoms with Crippen LogP contribution in [0.2, 0.25) is 0 Å². The molecule has 0 aromatic carbocycles. The number of nitrogens with one attached hydrogen (secondary N) is 1. The van der Waals surface area contributed by atoms with Crippen LogP contribution in [0.3, 0.4) is 0 Å². The topological polar surface area (TPSA) is 46.9 Å².